The molecule has 0 bridgehead atoms. The zero-order valence-electron chi connectivity index (χ0n) is 10.3. The Balaban J connectivity index is 2.05. The number of carbonyl (C=O) groups is 1. The Morgan fingerprint density at radius 2 is 2.10 bits per heavy atom. The van der Waals surface area contributed by atoms with Gasteiger partial charge in [-0.25, -0.2) is 9.18 Å². The Morgan fingerprint density at radius 1 is 1.30 bits per heavy atom. The summed E-state index contributed by atoms with van der Waals surface area (Å²) < 4.78 is 29.7. The Labute approximate surface area is 112 Å². The van der Waals surface area contributed by atoms with Crippen LogP contribution in [0.2, 0.25) is 0 Å². The number of hydrogen-bond donors (Lipinski definition) is 1. The molecule has 0 spiro atoms. The Bertz CT molecular complexity index is 667. The lowest BCUT2D eigenvalue weighted by molar-refractivity contribution is 0.0652. The number of carboxylic acid groups (broad SMARTS) is 1. The molecule has 0 fully saturated rings. The van der Waals surface area contributed by atoms with Gasteiger partial charge in [-0.3, -0.25) is 0 Å². The van der Waals surface area contributed by atoms with Crippen molar-refractivity contribution in [1.29, 1.82) is 0 Å². The summed E-state index contributed by atoms with van der Waals surface area (Å²) in [5.41, 5.74) is 0.195. The van der Waals surface area contributed by atoms with Gasteiger partial charge in [-0.15, -0.1) is 0 Å². The number of halogens is 1. The van der Waals surface area contributed by atoms with Crippen molar-refractivity contribution in [3.05, 3.63) is 29.8 Å². The molecule has 0 radical (unpaired) electrons. The molecule has 2 heterocycles. The normalized spacial score (nSPS) is 13.8. The van der Waals surface area contributed by atoms with Crippen molar-refractivity contribution >= 4 is 5.97 Å². The Morgan fingerprint density at radius 3 is 2.85 bits per heavy atom. The highest BCUT2D eigenvalue weighted by Gasteiger charge is 2.22. The van der Waals surface area contributed by atoms with E-state index in [4.69, 9.17) is 14.6 Å². The molecule has 1 aromatic carbocycles. The SMILES string of the molecule is O=C(O)c1cc(-c2ccc3c(c2F)OCCCO3)no1. The van der Waals surface area contributed by atoms with Crippen LogP contribution in [0.4, 0.5) is 4.39 Å². The molecule has 0 aliphatic carbocycles. The summed E-state index contributed by atoms with van der Waals surface area (Å²) in [5, 5.41) is 12.3. The van der Waals surface area contributed by atoms with Crippen LogP contribution in [-0.4, -0.2) is 29.4 Å². The number of benzene rings is 1. The number of aromatic carboxylic acids is 1. The lowest BCUT2D eigenvalue weighted by Gasteiger charge is -2.09. The molecule has 0 amide bonds. The maximum Gasteiger partial charge on any atom is 0.374 e. The first-order chi connectivity index (χ1) is 9.66. The van der Waals surface area contributed by atoms with Gasteiger partial charge in [0, 0.05) is 18.1 Å². The van der Waals surface area contributed by atoms with Crippen molar-refractivity contribution in [2.24, 2.45) is 0 Å². The van der Waals surface area contributed by atoms with Gasteiger partial charge in [0.15, 0.2) is 17.3 Å². The zero-order valence-corrected chi connectivity index (χ0v) is 10.3. The molecule has 1 aromatic heterocycles. The number of nitrogens with zero attached hydrogens (tertiary/aromatic N) is 1. The molecule has 1 aliphatic heterocycles. The van der Waals surface area contributed by atoms with Crippen LogP contribution in [0.15, 0.2) is 22.7 Å². The molecule has 1 N–H and O–H groups in total. The largest absolute Gasteiger partial charge is 0.489 e. The summed E-state index contributed by atoms with van der Waals surface area (Å²) in [7, 11) is 0. The van der Waals surface area contributed by atoms with Crippen molar-refractivity contribution in [2.45, 2.75) is 6.42 Å². The first kappa shape index (κ1) is 12.5. The summed E-state index contributed by atoms with van der Waals surface area (Å²) >= 11 is 0. The average molecular weight is 279 g/mol. The molecule has 7 heteroatoms. The monoisotopic (exact) mass is 279 g/mol. The maximum atomic E-state index is 14.4. The lowest BCUT2D eigenvalue weighted by atomic mass is 10.1. The predicted octanol–water partition coefficient (Wildman–Crippen LogP) is 2.34. The van der Waals surface area contributed by atoms with Gasteiger partial charge < -0.3 is 19.1 Å². The summed E-state index contributed by atoms with van der Waals surface area (Å²) in [6, 6.07) is 4.17. The molecule has 104 valence electrons. The van der Waals surface area contributed by atoms with E-state index < -0.39 is 11.8 Å². The minimum atomic E-state index is -1.27. The van der Waals surface area contributed by atoms with Gasteiger partial charge in [-0.05, 0) is 12.1 Å². The number of aromatic nitrogens is 1. The van der Waals surface area contributed by atoms with Crippen molar-refractivity contribution in [3.8, 4) is 22.8 Å². The number of ether oxygens (including phenoxy) is 2. The van der Waals surface area contributed by atoms with Gasteiger partial charge >= 0.3 is 5.97 Å². The van der Waals surface area contributed by atoms with Gasteiger partial charge in [0.25, 0.3) is 0 Å². The van der Waals surface area contributed by atoms with Crippen molar-refractivity contribution in [1.82, 2.24) is 5.16 Å². The first-order valence-corrected chi connectivity index (χ1v) is 5.95. The quantitative estimate of drug-likeness (QED) is 0.908. The molecule has 1 aliphatic rings. The molecule has 3 rings (SSSR count). The Hall–Kier alpha value is -2.57. The molecule has 6 nitrogen and oxygen atoms in total. The maximum absolute atomic E-state index is 14.4. The second-order valence-corrected chi connectivity index (χ2v) is 4.19. The highest BCUT2D eigenvalue weighted by atomic mass is 19.1. The number of carboxylic acids is 1. The topological polar surface area (TPSA) is 81.8 Å². The third-order valence-electron chi connectivity index (χ3n) is 2.85. The van der Waals surface area contributed by atoms with Crippen LogP contribution in [0.25, 0.3) is 11.3 Å². The zero-order chi connectivity index (χ0) is 14.1. The van der Waals surface area contributed by atoms with Gasteiger partial charge in [0.05, 0.1) is 13.2 Å². The van der Waals surface area contributed by atoms with E-state index >= 15 is 0 Å². The summed E-state index contributed by atoms with van der Waals surface area (Å²) in [5.74, 6) is -1.93. The minimum Gasteiger partial charge on any atom is -0.489 e. The van der Waals surface area contributed by atoms with E-state index in [9.17, 15) is 9.18 Å². The number of fused-ring (bicyclic) bond motifs is 1. The average Bonchev–Trinajstić information content (AvgIpc) is 2.78. The molecule has 0 unspecified atom stereocenters. The van der Waals surface area contributed by atoms with Crippen LogP contribution in [0.1, 0.15) is 17.0 Å². The van der Waals surface area contributed by atoms with Crippen LogP contribution in [0.3, 0.4) is 0 Å². The molecule has 2 aromatic rings. The van der Waals surface area contributed by atoms with Crippen LogP contribution < -0.4 is 9.47 Å². The molecule has 0 atom stereocenters. The van der Waals surface area contributed by atoms with E-state index in [2.05, 4.69) is 9.68 Å². The molecular formula is C13H10FNO5. The van der Waals surface area contributed by atoms with Crippen LogP contribution in [0, 0.1) is 5.82 Å². The van der Waals surface area contributed by atoms with Crippen LogP contribution >= 0.6 is 0 Å². The summed E-state index contributed by atoms with van der Waals surface area (Å²) in [4.78, 5) is 10.7. The highest BCUT2D eigenvalue weighted by Crippen LogP contribution is 2.37. The molecule has 0 saturated carbocycles. The van der Waals surface area contributed by atoms with E-state index in [-0.39, 0.29) is 22.8 Å². The van der Waals surface area contributed by atoms with Crippen LogP contribution in [-0.2, 0) is 0 Å². The van der Waals surface area contributed by atoms with E-state index in [0.717, 1.165) is 6.07 Å². The van der Waals surface area contributed by atoms with Gasteiger partial charge in [-0.1, -0.05) is 5.16 Å². The fourth-order valence-corrected chi connectivity index (χ4v) is 1.90. The van der Waals surface area contributed by atoms with Gasteiger partial charge in [0.1, 0.15) is 5.69 Å². The number of hydrogen-bond acceptors (Lipinski definition) is 5. The summed E-state index contributed by atoms with van der Waals surface area (Å²) in [6.07, 6.45) is 0.663. The number of rotatable bonds is 2. The first-order valence-electron chi connectivity index (χ1n) is 5.95. The lowest BCUT2D eigenvalue weighted by Crippen LogP contribution is -1.98. The fourth-order valence-electron chi connectivity index (χ4n) is 1.90. The highest BCUT2D eigenvalue weighted by molar-refractivity contribution is 5.85. The molecule has 20 heavy (non-hydrogen) atoms. The predicted molar refractivity (Wildman–Crippen MR) is 64.5 cm³/mol. The third-order valence-corrected chi connectivity index (χ3v) is 2.85. The van der Waals surface area contributed by atoms with E-state index in [1.165, 1.54) is 6.07 Å². The molecule has 0 saturated heterocycles. The van der Waals surface area contributed by atoms with Crippen LogP contribution in [0.5, 0.6) is 11.5 Å². The van der Waals surface area contributed by atoms with E-state index in [0.29, 0.717) is 25.4 Å². The van der Waals surface area contributed by atoms with Gasteiger partial charge in [0.2, 0.25) is 5.76 Å². The van der Waals surface area contributed by atoms with Gasteiger partial charge in [-0.2, -0.15) is 0 Å². The summed E-state index contributed by atoms with van der Waals surface area (Å²) in [6.45, 7) is 0.811. The fraction of sp³-hybridized carbons (Fsp3) is 0.231. The second-order valence-electron chi connectivity index (χ2n) is 4.19. The smallest absolute Gasteiger partial charge is 0.374 e. The van der Waals surface area contributed by atoms with Crippen molar-refractivity contribution in [3.63, 3.8) is 0 Å². The second kappa shape index (κ2) is 4.84. The van der Waals surface area contributed by atoms with Crippen molar-refractivity contribution < 1.29 is 28.3 Å². The van der Waals surface area contributed by atoms with E-state index in [1.807, 2.05) is 0 Å². The van der Waals surface area contributed by atoms with Crippen molar-refractivity contribution in [2.75, 3.05) is 13.2 Å². The third kappa shape index (κ3) is 2.07. The molecular weight excluding hydrogens is 269 g/mol. The standard InChI is InChI=1S/C13H10FNO5/c14-11-7(8-6-10(13(16)17)20-15-8)2-3-9-12(11)19-5-1-4-18-9/h2-3,6H,1,4-5H2,(H,16,17). The van der Waals surface area contributed by atoms with E-state index in [1.54, 1.807) is 6.07 Å². The Kier molecular flexibility index (Phi) is 3.02. The minimum absolute atomic E-state index is 0.0138.